The number of nitrogens with zero attached hydrogens (tertiary/aromatic N) is 1. The number of benzene rings is 2. The second-order valence-corrected chi connectivity index (χ2v) is 10.7. The first-order valence-corrected chi connectivity index (χ1v) is 13.0. The summed E-state index contributed by atoms with van der Waals surface area (Å²) in [4.78, 5) is 32.0. The molecule has 5 heteroatoms. The quantitative estimate of drug-likeness (QED) is 0.300. The topological polar surface area (TPSA) is 65.0 Å². The van der Waals surface area contributed by atoms with E-state index in [-0.39, 0.29) is 17.8 Å². The van der Waals surface area contributed by atoms with E-state index in [0.29, 0.717) is 30.7 Å². The Morgan fingerprint density at radius 2 is 1.72 bits per heavy atom. The minimum Gasteiger partial charge on any atom is -0.493 e. The maximum Gasteiger partial charge on any atom is 0.336 e. The van der Waals surface area contributed by atoms with Crippen LogP contribution >= 0.6 is 0 Å². The first kappa shape index (κ1) is 25.9. The highest BCUT2D eigenvalue weighted by Crippen LogP contribution is 2.48. The van der Waals surface area contributed by atoms with Crippen LogP contribution in [0.15, 0.2) is 70.9 Å². The number of carbonyl (C=O) groups excluding carboxylic acids is 2. The van der Waals surface area contributed by atoms with Crippen molar-refractivity contribution < 1.29 is 19.1 Å². The van der Waals surface area contributed by atoms with Gasteiger partial charge >= 0.3 is 5.97 Å². The predicted molar refractivity (Wildman–Crippen MR) is 142 cm³/mol. The number of hydrogen-bond donors (Lipinski definition) is 0. The third-order valence-electron chi connectivity index (χ3n) is 7.06. The first-order chi connectivity index (χ1) is 17.3. The number of rotatable bonds is 9. The van der Waals surface area contributed by atoms with Gasteiger partial charge < -0.3 is 9.47 Å². The van der Waals surface area contributed by atoms with E-state index >= 15 is 0 Å². The molecule has 0 spiro atoms. The molecule has 0 radical (unpaired) electrons. The molecule has 1 fully saturated rings. The van der Waals surface area contributed by atoms with Gasteiger partial charge in [-0.3, -0.25) is 9.79 Å². The fraction of sp³-hybridized carbons (Fsp3) is 0.452. The van der Waals surface area contributed by atoms with Crippen LogP contribution < -0.4 is 4.74 Å². The molecule has 0 N–H and O–H groups in total. The van der Waals surface area contributed by atoms with Crippen LogP contribution in [0.25, 0.3) is 0 Å². The van der Waals surface area contributed by atoms with Crippen LogP contribution in [-0.4, -0.2) is 30.7 Å². The van der Waals surface area contributed by atoms with Gasteiger partial charge in [0.15, 0.2) is 0 Å². The van der Waals surface area contributed by atoms with Crippen molar-refractivity contribution in [2.24, 2.45) is 16.3 Å². The molecule has 4 rings (SSSR count). The number of esters is 1. The predicted octanol–water partition coefficient (Wildman–Crippen LogP) is 6.47. The van der Waals surface area contributed by atoms with E-state index in [1.807, 2.05) is 61.5 Å². The van der Waals surface area contributed by atoms with Crippen molar-refractivity contribution in [3.05, 3.63) is 77.0 Å². The number of aliphatic imine (C=N–C) groups is 1. The molecule has 0 bridgehead atoms. The highest BCUT2D eigenvalue weighted by Gasteiger charge is 2.48. The first-order valence-electron chi connectivity index (χ1n) is 13.0. The van der Waals surface area contributed by atoms with E-state index in [1.54, 1.807) is 0 Å². The van der Waals surface area contributed by atoms with Crippen LogP contribution in [0.5, 0.6) is 5.75 Å². The van der Waals surface area contributed by atoms with Crippen molar-refractivity contribution in [3.8, 4) is 5.75 Å². The molecule has 36 heavy (non-hydrogen) atoms. The molecule has 2 aliphatic rings. The highest BCUT2D eigenvalue weighted by atomic mass is 16.5. The number of Topliss-reactive ketones (excluding diaryl/α,β-unsaturated/α-hetero) is 1. The van der Waals surface area contributed by atoms with Crippen molar-refractivity contribution in [3.63, 3.8) is 0 Å². The zero-order valence-electron chi connectivity index (χ0n) is 21.9. The zero-order valence-corrected chi connectivity index (χ0v) is 21.9. The lowest BCUT2D eigenvalue weighted by atomic mass is 9.63. The van der Waals surface area contributed by atoms with E-state index in [2.05, 4.69) is 20.8 Å². The van der Waals surface area contributed by atoms with E-state index in [4.69, 9.17) is 14.5 Å². The highest BCUT2D eigenvalue weighted by molar-refractivity contribution is 6.12. The average Bonchev–Trinajstić information content (AvgIpc) is 2.83. The van der Waals surface area contributed by atoms with Gasteiger partial charge in [-0.15, -0.1) is 0 Å². The Hall–Kier alpha value is -3.21. The Kier molecular flexibility index (Phi) is 8.07. The van der Waals surface area contributed by atoms with Crippen molar-refractivity contribution in [1.82, 2.24) is 0 Å². The summed E-state index contributed by atoms with van der Waals surface area (Å²) in [6.45, 7) is 9.04. The standard InChI is InChI=1S/C31H37NO4/c1-5-6-17-35-26-15-11-10-14-23(26)28-27(30(34)36-18-16-22-12-8-7-9-13-22)21(2)32-24-19-31(3,4)20-25(33)29(24)28/h7-15,28-29H,5-6,16-20H2,1-4H3. The smallest absolute Gasteiger partial charge is 0.336 e. The Bertz CT molecular complexity index is 1160. The maximum atomic E-state index is 13.6. The number of allylic oxidation sites excluding steroid dienone is 1. The van der Waals surface area contributed by atoms with Crippen molar-refractivity contribution >= 4 is 17.5 Å². The van der Waals surface area contributed by atoms with E-state index < -0.39 is 17.8 Å². The van der Waals surface area contributed by atoms with Gasteiger partial charge in [0.05, 0.1) is 24.7 Å². The molecular weight excluding hydrogens is 450 g/mol. The zero-order chi connectivity index (χ0) is 25.7. The molecule has 1 heterocycles. The van der Waals surface area contributed by atoms with E-state index in [9.17, 15) is 9.59 Å². The van der Waals surface area contributed by atoms with Crippen LogP contribution in [0, 0.1) is 11.3 Å². The van der Waals surface area contributed by atoms with Crippen molar-refractivity contribution in [1.29, 1.82) is 0 Å². The van der Waals surface area contributed by atoms with Crippen LogP contribution in [0.1, 0.15) is 70.4 Å². The number of carbonyl (C=O) groups is 2. The van der Waals surface area contributed by atoms with E-state index in [0.717, 1.165) is 41.9 Å². The Labute approximate surface area is 214 Å². The van der Waals surface area contributed by atoms with Crippen LogP contribution in [-0.2, 0) is 20.7 Å². The fourth-order valence-electron chi connectivity index (χ4n) is 5.37. The third kappa shape index (κ3) is 5.77. The Morgan fingerprint density at radius 1 is 1.00 bits per heavy atom. The van der Waals surface area contributed by atoms with Gasteiger partial charge in [0, 0.05) is 35.7 Å². The Balaban J connectivity index is 1.70. The van der Waals surface area contributed by atoms with Crippen molar-refractivity contribution in [2.45, 2.75) is 65.7 Å². The third-order valence-corrected chi connectivity index (χ3v) is 7.06. The lowest BCUT2D eigenvalue weighted by Crippen LogP contribution is -2.44. The van der Waals surface area contributed by atoms with Gasteiger partial charge in [0.25, 0.3) is 0 Å². The number of fused-ring (bicyclic) bond motifs is 1. The summed E-state index contributed by atoms with van der Waals surface area (Å²) in [6, 6.07) is 17.7. The summed E-state index contributed by atoms with van der Waals surface area (Å²) in [6.07, 6.45) is 3.78. The summed E-state index contributed by atoms with van der Waals surface area (Å²) in [5.74, 6) is -0.507. The van der Waals surface area contributed by atoms with Gasteiger partial charge in [0.1, 0.15) is 11.5 Å². The molecule has 0 aromatic heterocycles. The summed E-state index contributed by atoms with van der Waals surface area (Å²) >= 11 is 0. The fourth-order valence-corrected chi connectivity index (χ4v) is 5.37. The maximum absolute atomic E-state index is 13.6. The molecule has 0 amide bonds. The number of hydrogen-bond acceptors (Lipinski definition) is 5. The largest absolute Gasteiger partial charge is 0.493 e. The molecule has 2 aromatic rings. The summed E-state index contributed by atoms with van der Waals surface area (Å²) in [5, 5.41) is 0. The molecule has 2 aromatic carbocycles. The normalized spacial score (nSPS) is 21.0. The van der Waals surface area contributed by atoms with Gasteiger partial charge in [-0.1, -0.05) is 75.7 Å². The number of para-hydroxylation sites is 1. The Morgan fingerprint density at radius 3 is 2.47 bits per heavy atom. The minimum atomic E-state index is -0.477. The molecule has 2 atom stereocenters. The number of ketones is 1. The van der Waals surface area contributed by atoms with Gasteiger partial charge in [0.2, 0.25) is 0 Å². The van der Waals surface area contributed by atoms with Crippen LogP contribution in [0.2, 0.25) is 0 Å². The molecule has 5 nitrogen and oxygen atoms in total. The van der Waals surface area contributed by atoms with Crippen LogP contribution in [0.3, 0.4) is 0 Å². The second-order valence-electron chi connectivity index (χ2n) is 10.7. The molecule has 190 valence electrons. The minimum absolute atomic E-state index is 0.125. The number of ether oxygens (including phenoxy) is 2. The van der Waals surface area contributed by atoms with Crippen molar-refractivity contribution in [2.75, 3.05) is 13.2 Å². The summed E-state index contributed by atoms with van der Waals surface area (Å²) in [7, 11) is 0. The molecule has 2 unspecified atom stereocenters. The lowest BCUT2D eigenvalue weighted by Gasteiger charge is -2.41. The molecule has 1 aliphatic carbocycles. The van der Waals surface area contributed by atoms with Gasteiger partial charge in [-0.25, -0.2) is 4.79 Å². The monoisotopic (exact) mass is 487 g/mol. The molecule has 0 saturated heterocycles. The van der Waals surface area contributed by atoms with Gasteiger partial charge in [-0.05, 0) is 36.8 Å². The van der Waals surface area contributed by atoms with Gasteiger partial charge in [-0.2, -0.15) is 0 Å². The summed E-state index contributed by atoms with van der Waals surface area (Å²) in [5.41, 5.74) is 3.77. The van der Waals surface area contributed by atoms with Crippen LogP contribution in [0.4, 0.5) is 0 Å². The van der Waals surface area contributed by atoms with E-state index in [1.165, 1.54) is 0 Å². The number of unbranched alkanes of at least 4 members (excludes halogenated alkanes) is 1. The molecule has 1 saturated carbocycles. The SMILES string of the molecule is CCCCOc1ccccc1C1C(C(=O)OCCc2ccccc2)=C(C)N=C2CC(C)(C)CC(=O)C21. The molecule has 1 aliphatic heterocycles. The molecular formula is C31H37NO4. The average molecular weight is 488 g/mol. The summed E-state index contributed by atoms with van der Waals surface area (Å²) < 4.78 is 11.9. The second kappa shape index (κ2) is 11.2. The lowest BCUT2D eigenvalue weighted by molar-refractivity contribution is -0.139.